The molecule has 2 heterocycles. The van der Waals surface area contributed by atoms with Gasteiger partial charge in [-0.05, 0) is 25.7 Å². The molecule has 0 radical (unpaired) electrons. The third kappa shape index (κ3) is 2.62. The summed E-state index contributed by atoms with van der Waals surface area (Å²) in [4.78, 5) is 38.9. The Bertz CT molecular complexity index is 476. The Kier molecular flexibility index (Phi) is 3.61. The van der Waals surface area contributed by atoms with E-state index in [-0.39, 0.29) is 30.7 Å². The highest BCUT2D eigenvalue weighted by Gasteiger charge is 2.46. The second kappa shape index (κ2) is 5.29. The number of carboxylic acid groups (broad SMARTS) is 1. The van der Waals surface area contributed by atoms with Gasteiger partial charge in [-0.1, -0.05) is 0 Å². The molecule has 2 aliphatic heterocycles. The van der Waals surface area contributed by atoms with Gasteiger partial charge < -0.3 is 20.0 Å². The van der Waals surface area contributed by atoms with E-state index >= 15 is 0 Å². The molecule has 1 saturated carbocycles. The van der Waals surface area contributed by atoms with Crippen molar-refractivity contribution in [1.29, 1.82) is 0 Å². The van der Waals surface area contributed by atoms with Gasteiger partial charge in [0.05, 0.1) is 6.10 Å². The molecule has 0 spiro atoms. The number of rotatable bonds is 3. The van der Waals surface area contributed by atoms with Crippen LogP contribution in [0.25, 0.3) is 0 Å². The number of nitrogens with zero attached hydrogens (tertiary/aromatic N) is 2. The van der Waals surface area contributed by atoms with Gasteiger partial charge >= 0.3 is 5.97 Å². The molecule has 7 heteroatoms. The minimum atomic E-state index is -1.10. The quantitative estimate of drug-likeness (QED) is 0.727. The van der Waals surface area contributed by atoms with Gasteiger partial charge in [-0.15, -0.1) is 0 Å². The van der Waals surface area contributed by atoms with E-state index in [1.807, 2.05) is 0 Å². The van der Waals surface area contributed by atoms with Gasteiger partial charge in [-0.2, -0.15) is 0 Å². The normalized spacial score (nSPS) is 32.5. The van der Waals surface area contributed by atoms with E-state index in [9.17, 15) is 24.6 Å². The molecule has 2 saturated heterocycles. The molecule has 2 amide bonds. The molecule has 3 aliphatic rings. The molecule has 0 aromatic heterocycles. The van der Waals surface area contributed by atoms with Gasteiger partial charge in [-0.3, -0.25) is 9.59 Å². The zero-order chi connectivity index (χ0) is 15.1. The maximum absolute atomic E-state index is 12.6. The average Bonchev–Trinajstić information content (AvgIpc) is 3.04. The predicted octanol–water partition coefficient (Wildman–Crippen LogP) is -0.566. The lowest BCUT2D eigenvalue weighted by atomic mass is 10.1. The van der Waals surface area contributed by atoms with Crippen molar-refractivity contribution in [2.45, 2.75) is 50.3 Å². The molecule has 116 valence electrons. The van der Waals surface area contributed by atoms with Crippen molar-refractivity contribution in [2.24, 2.45) is 5.92 Å². The van der Waals surface area contributed by atoms with Crippen molar-refractivity contribution < 1.29 is 24.6 Å². The third-order valence-corrected chi connectivity index (χ3v) is 4.59. The molecule has 1 unspecified atom stereocenters. The number of aliphatic hydroxyl groups excluding tert-OH is 1. The molecular weight excluding hydrogens is 276 g/mol. The highest BCUT2D eigenvalue weighted by Crippen LogP contribution is 2.34. The number of hydrogen-bond acceptors (Lipinski definition) is 4. The van der Waals surface area contributed by atoms with Gasteiger partial charge in [0.15, 0.2) is 0 Å². The number of likely N-dealkylation sites (tertiary alicyclic amines) is 2. The van der Waals surface area contributed by atoms with Gasteiger partial charge in [0, 0.05) is 25.4 Å². The van der Waals surface area contributed by atoms with Gasteiger partial charge in [0.2, 0.25) is 11.8 Å². The van der Waals surface area contributed by atoms with Crippen molar-refractivity contribution in [1.82, 2.24) is 9.80 Å². The SMILES string of the molecule is O=C(O)[C@H]1C[C@@H](O)CN1C(=O)C1CCCN1C(=O)C1CC1. The van der Waals surface area contributed by atoms with Crippen LogP contribution in [0, 0.1) is 5.92 Å². The third-order valence-electron chi connectivity index (χ3n) is 4.59. The zero-order valence-electron chi connectivity index (χ0n) is 11.8. The maximum atomic E-state index is 12.6. The number of aliphatic carboxylic acids is 1. The molecule has 3 fully saturated rings. The summed E-state index contributed by atoms with van der Waals surface area (Å²) < 4.78 is 0. The smallest absolute Gasteiger partial charge is 0.326 e. The lowest BCUT2D eigenvalue weighted by molar-refractivity contribution is -0.152. The van der Waals surface area contributed by atoms with E-state index in [2.05, 4.69) is 0 Å². The Balaban J connectivity index is 1.74. The molecule has 3 rings (SSSR count). The Morgan fingerprint density at radius 1 is 0.952 bits per heavy atom. The van der Waals surface area contributed by atoms with Crippen molar-refractivity contribution in [3.05, 3.63) is 0 Å². The summed E-state index contributed by atoms with van der Waals surface area (Å²) in [6.45, 7) is 0.609. The molecule has 2 N–H and O–H groups in total. The van der Waals surface area contributed by atoms with E-state index in [0.717, 1.165) is 19.3 Å². The number of amides is 2. The van der Waals surface area contributed by atoms with Crippen molar-refractivity contribution in [2.75, 3.05) is 13.1 Å². The Morgan fingerprint density at radius 2 is 1.67 bits per heavy atom. The number of carbonyl (C=O) groups excluding carboxylic acids is 2. The first-order valence-corrected chi connectivity index (χ1v) is 7.51. The van der Waals surface area contributed by atoms with Crippen LogP contribution in [-0.2, 0) is 14.4 Å². The van der Waals surface area contributed by atoms with E-state index < -0.39 is 24.2 Å². The first-order valence-electron chi connectivity index (χ1n) is 7.51. The van der Waals surface area contributed by atoms with Crippen LogP contribution in [0.3, 0.4) is 0 Å². The lowest BCUT2D eigenvalue weighted by Crippen LogP contribution is -2.51. The van der Waals surface area contributed by atoms with Crippen LogP contribution in [-0.4, -0.2) is 69.1 Å². The number of hydrogen-bond donors (Lipinski definition) is 2. The lowest BCUT2D eigenvalue weighted by Gasteiger charge is -2.30. The highest BCUT2D eigenvalue weighted by atomic mass is 16.4. The molecule has 0 aromatic rings. The topological polar surface area (TPSA) is 98.2 Å². The average molecular weight is 296 g/mol. The first kappa shape index (κ1) is 14.3. The monoisotopic (exact) mass is 296 g/mol. The summed E-state index contributed by atoms with van der Waals surface area (Å²) in [5.41, 5.74) is 0. The summed E-state index contributed by atoms with van der Waals surface area (Å²) >= 11 is 0. The molecule has 7 nitrogen and oxygen atoms in total. The fraction of sp³-hybridized carbons (Fsp3) is 0.786. The molecule has 0 aromatic carbocycles. The van der Waals surface area contributed by atoms with E-state index in [0.29, 0.717) is 13.0 Å². The van der Waals surface area contributed by atoms with Crippen LogP contribution < -0.4 is 0 Å². The number of β-amino-alcohol motifs (C(OH)–C–C–N with tert-alkyl or cyclic N) is 1. The summed E-state index contributed by atoms with van der Waals surface area (Å²) in [7, 11) is 0. The minimum Gasteiger partial charge on any atom is -0.480 e. The van der Waals surface area contributed by atoms with Gasteiger partial charge in [0.1, 0.15) is 12.1 Å². The fourth-order valence-electron chi connectivity index (χ4n) is 3.33. The van der Waals surface area contributed by atoms with Crippen molar-refractivity contribution in [3.63, 3.8) is 0 Å². The maximum Gasteiger partial charge on any atom is 0.326 e. The van der Waals surface area contributed by atoms with Crippen LogP contribution in [0.4, 0.5) is 0 Å². The Morgan fingerprint density at radius 3 is 2.29 bits per heavy atom. The van der Waals surface area contributed by atoms with Crippen LogP contribution in [0.5, 0.6) is 0 Å². The van der Waals surface area contributed by atoms with Crippen LogP contribution >= 0.6 is 0 Å². The number of aliphatic hydroxyl groups is 1. The summed E-state index contributed by atoms with van der Waals surface area (Å²) in [6, 6.07) is -1.53. The number of carboxylic acids is 1. The molecule has 21 heavy (non-hydrogen) atoms. The second-order valence-corrected chi connectivity index (χ2v) is 6.20. The van der Waals surface area contributed by atoms with E-state index in [4.69, 9.17) is 0 Å². The molecule has 1 aliphatic carbocycles. The van der Waals surface area contributed by atoms with Crippen LogP contribution in [0.2, 0.25) is 0 Å². The predicted molar refractivity (Wildman–Crippen MR) is 71.2 cm³/mol. The van der Waals surface area contributed by atoms with Crippen molar-refractivity contribution in [3.8, 4) is 0 Å². The summed E-state index contributed by atoms with van der Waals surface area (Å²) in [5, 5.41) is 18.8. The Labute approximate surface area is 122 Å². The van der Waals surface area contributed by atoms with E-state index in [1.165, 1.54) is 4.90 Å². The van der Waals surface area contributed by atoms with Crippen LogP contribution in [0.15, 0.2) is 0 Å². The minimum absolute atomic E-state index is 0.0254. The summed E-state index contributed by atoms with van der Waals surface area (Å²) in [6.07, 6.45) is 2.38. The van der Waals surface area contributed by atoms with Crippen LogP contribution in [0.1, 0.15) is 32.1 Å². The van der Waals surface area contributed by atoms with Crippen molar-refractivity contribution >= 4 is 17.8 Å². The molecule has 3 atom stereocenters. The summed E-state index contributed by atoms with van der Waals surface area (Å²) in [5.74, 6) is -1.35. The molecule has 0 bridgehead atoms. The Hall–Kier alpha value is -1.63. The van der Waals surface area contributed by atoms with E-state index in [1.54, 1.807) is 4.90 Å². The second-order valence-electron chi connectivity index (χ2n) is 6.20. The number of carbonyl (C=O) groups is 3. The zero-order valence-corrected chi connectivity index (χ0v) is 11.8. The largest absolute Gasteiger partial charge is 0.480 e. The molecular formula is C14H20N2O5. The van der Waals surface area contributed by atoms with Gasteiger partial charge in [0.25, 0.3) is 0 Å². The fourth-order valence-corrected chi connectivity index (χ4v) is 3.33. The van der Waals surface area contributed by atoms with Gasteiger partial charge in [-0.25, -0.2) is 4.79 Å². The highest BCUT2D eigenvalue weighted by molar-refractivity contribution is 5.92. The standard InChI is InChI=1S/C14H20N2O5/c17-9-6-11(14(20)21)16(7-9)13(19)10-2-1-5-15(10)12(18)8-3-4-8/h8-11,17H,1-7H2,(H,20,21)/t9-,10?,11-/m1/s1. The first-order chi connectivity index (χ1) is 9.99.